The summed E-state index contributed by atoms with van der Waals surface area (Å²) in [5.74, 6) is 1.53. The van der Waals surface area contributed by atoms with E-state index in [1.165, 1.54) is 23.1 Å². The van der Waals surface area contributed by atoms with Crippen LogP contribution in [0.5, 0.6) is 5.75 Å². The second-order valence-corrected chi connectivity index (χ2v) is 8.55. The minimum Gasteiger partial charge on any atom is -0.486 e. The number of hydrogen-bond donors (Lipinski definition) is 0. The Bertz CT molecular complexity index is 823. The molecule has 27 heavy (non-hydrogen) atoms. The minimum absolute atomic E-state index is 0.0721. The van der Waals surface area contributed by atoms with Crippen molar-refractivity contribution in [2.45, 2.75) is 50.9 Å². The molecule has 0 radical (unpaired) electrons. The summed E-state index contributed by atoms with van der Waals surface area (Å²) in [5.41, 5.74) is 3.73. The van der Waals surface area contributed by atoms with Gasteiger partial charge in [0, 0.05) is 69.4 Å². The molecule has 0 saturated carbocycles. The van der Waals surface area contributed by atoms with Crippen molar-refractivity contribution in [2.24, 2.45) is 13.0 Å². The lowest BCUT2D eigenvalue weighted by Gasteiger charge is -2.53. The molecule has 4 heterocycles. The molecule has 2 fully saturated rings. The van der Waals surface area contributed by atoms with E-state index in [2.05, 4.69) is 41.3 Å². The monoisotopic (exact) mass is 367 g/mol. The molecule has 5 heteroatoms. The molecule has 1 spiro atoms. The van der Waals surface area contributed by atoms with Gasteiger partial charge < -0.3 is 9.47 Å². The van der Waals surface area contributed by atoms with Gasteiger partial charge in [0.2, 0.25) is 0 Å². The van der Waals surface area contributed by atoms with Crippen LogP contribution in [0.15, 0.2) is 30.6 Å². The average molecular weight is 367 g/mol. The number of ether oxygens (including phenoxy) is 2. The first kappa shape index (κ1) is 17.3. The van der Waals surface area contributed by atoms with Crippen LogP contribution in [-0.4, -0.2) is 40.0 Å². The number of nitrogens with zero attached hydrogens (tertiary/aromatic N) is 3. The zero-order valence-corrected chi connectivity index (χ0v) is 16.4. The van der Waals surface area contributed by atoms with E-state index in [0.29, 0.717) is 5.92 Å². The third-order valence-corrected chi connectivity index (χ3v) is 6.65. The molecule has 2 atom stereocenters. The zero-order valence-electron chi connectivity index (χ0n) is 16.4. The van der Waals surface area contributed by atoms with Crippen LogP contribution in [0, 0.1) is 12.8 Å². The van der Waals surface area contributed by atoms with Gasteiger partial charge in [0.1, 0.15) is 11.4 Å². The molecule has 2 aromatic rings. The minimum atomic E-state index is -0.0721. The van der Waals surface area contributed by atoms with Crippen LogP contribution in [0.4, 0.5) is 0 Å². The van der Waals surface area contributed by atoms with E-state index in [1.54, 1.807) is 0 Å². The highest BCUT2D eigenvalue weighted by atomic mass is 16.5. The summed E-state index contributed by atoms with van der Waals surface area (Å²) in [5, 5.41) is 4.30. The Labute approximate surface area is 161 Å². The van der Waals surface area contributed by atoms with E-state index in [0.717, 1.165) is 51.3 Å². The van der Waals surface area contributed by atoms with Gasteiger partial charge in [-0.2, -0.15) is 5.10 Å². The highest BCUT2D eigenvalue weighted by Crippen LogP contribution is 2.53. The number of hydrogen-bond acceptors (Lipinski definition) is 4. The molecule has 0 aliphatic carbocycles. The molecule has 0 N–H and O–H groups in total. The number of rotatable bonds is 2. The molecule has 1 aromatic heterocycles. The number of aryl methyl sites for hydroxylation is 2. The summed E-state index contributed by atoms with van der Waals surface area (Å²) in [4.78, 5) is 2.54. The zero-order chi connectivity index (χ0) is 18.4. The van der Waals surface area contributed by atoms with Crippen LogP contribution >= 0.6 is 0 Å². The van der Waals surface area contributed by atoms with Crippen LogP contribution < -0.4 is 4.74 Å². The molecule has 0 amide bonds. The number of benzene rings is 1. The van der Waals surface area contributed by atoms with E-state index >= 15 is 0 Å². The lowest BCUT2D eigenvalue weighted by Crippen LogP contribution is -2.57. The van der Waals surface area contributed by atoms with Gasteiger partial charge in [-0.3, -0.25) is 9.58 Å². The van der Waals surface area contributed by atoms with E-state index in [-0.39, 0.29) is 11.7 Å². The van der Waals surface area contributed by atoms with Crippen molar-refractivity contribution in [1.82, 2.24) is 14.7 Å². The molecule has 2 saturated heterocycles. The normalized spacial score (nSPS) is 27.0. The molecular weight excluding hydrogens is 338 g/mol. The van der Waals surface area contributed by atoms with Gasteiger partial charge in [0.15, 0.2) is 0 Å². The van der Waals surface area contributed by atoms with Crippen LogP contribution in [0.25, 0.3) is 0 Å². The number of likely N-dealkylation sites (tertiary alicyclic amines) is 1. The third kappa shape index (κ3) is 3.07. The summed E-state index contributed by atoms with van der Waals surface area (Å²) >= 11 is 0. The lowest BCUT2D eigenvalue weighted by atomic mass is 9.70. The Balaban J connectivity index is 1.37. The van der Waals surface area contributed by atoms with E-state index in [4.69, 9.17) is 9.47 Å². The van der Waals surface area contributed by atoms with Gasteiger partial charge in [-0.25, -0.2) is 0 Å². The predicted molar refractivity (Wildman–Crippen MR) is 104 cm³/mol. The van der Waals surface area contributed by atoms with Crippen LogP contribution in [-0.2, 0) is 18.3 Å². The molecule has 5 rings (SSSR count). The summed E-state index contributed by atoms with van der Waals surface area (Å²) < 4.78 is 15.0. The molecule has 0 bridgehead atoms. The van der Waals surface area contributed by atoms with E-state index < -0.39 is 0 Å². The summed E-state index contributed by atoms with van der Waals surface area (Å²) in [6.45, 7) is 6.13. The largest absolute Gasteiger partial charge is 0.486 e. The molecule has 3 aliphatic heterocycles. The van der Waals surface area contributed by atoms with E-state index in [9.17, 15) is 0 Å². The van der Waals surface area contributed by atoms with Gasteiger partial charge in [-0.1, -0.05) is 12.1 Å². The van der Waals surface area contributed by atoms with Crippen molar-refractivity contribution < 1.29 is 9.47 Å². The smallest absolute Gasteiger partial charge is 0.126 e. The lowest BCUT2D eigenvalue weighted by molar-refractivity contribution is -0.150. The number of aromatic nitrogens is 2. The van der Waals surface area contributed by atoms with Crippen molar-refractivity contribution >= 4 is 0 Å². The first-order chi connectivity index (χ1) is 13.1. The van der Waals surface area contributed by atoms with Crippen LogP contribution in [0.1, 0.15) is 48.5 Å². The standard InChI is InChI=1S/C22H29N3O2/c1-16-5-6-18-20(12-16)27-22(19-4-3-11-26-21(18)19)7-9-25(10-8-22)15-17-13-23-24(2)14-17/h5-6,12-14,19,21H,3-4,7-11,15H2,1-2H3/t19-,21+/m0/s1. The fourth-order valence-electron chi connectivity index (χ4n) is 5.26. The van der Waals surface area contributed by atoms with Gasteiger partial charge in [-0.05, 0) is 31.4 Å². The molecule has 1 aromatic carbocycles. The van der Waals surface area contributed by atoms with Crippen molar-refractivity contribution in [1.29, 1.82) is 0 Å². The Morgan fingerprint density at radius 2 is 2.11 bits per heavy atom. The summed E-state index contributed by atoms with van der Waals surface area (Å²) in [6, 6.07) is 6.61. The molecule has 3 aliphatic rings. The maximum Gasteiger partial charge on any atom is 0.126 e. The molecular formula is C22H29N3O2. The maximum atomic E-state index is 6.79. The van der Waals surface area contributed by atoms with Crippen molar-refractivity contribution in [2.75, 3.05) is 19.7 Å². The Hall–Kier alpha value is -1.85. The highest BCUT2D eigenvalue weighted by Gasteiger charge is 2.52. The van der Waals surface area contributed by atoms with E-state index in [1.807, 2.05) is 17.9 Å². The second-order valence-electron chi connectivity index (χ2n) is 8.55. The van der Waals surface area contributed by atoms with Crippen molar-refractivity contribution in [3.8, 4) is 5.75 Å². The first-order valence-electron chi connectivity index (χ1n) is 10.2. The first-order valence-corrected chi connectivity index (χ1v) is 10.2. The van der Waals surface area contributed by atoms with Gasteiger partial charge in [-0.15, -0.1) is 0 Å². The Morgan fingerprint density at radius 1 is 1.26 bits per heavy atom. The Morgan fingerprint density at radius 3 is 2.89 bits per heavy atom. The van der Waals surface area contributed by atoms with Crippen LogP contribution in [0.3, 0.4) is 0 Å². The number of piperidine rings is 1. The predicted octanol–water partition coefficient (Wildman–Crippen LogP) is 3.62. The van der Waals surface area contributed by atoms with Crippen LogP contribution in [0.2, 0.25) is 0 Å². The SMILES string of the molecule is Cc1ccc2c(c1)OC1(CCN(Cc3cnn(C)c3)CC1)[C@H]1CCCO[C@H]21. The summed E-state index contributed by atoms with van der Waals surface area (Å²) in [6.07, 6.45) is 8.80. The molecule has 0 unspecified atom stereocenters. The quantitative estimate of drug-likeness (QED) is 0.813. The maximum absolute atomic E-state index is 6.79. The second kappa shape index (κ2) is 6.64. The van der Waals surface area contributed by atoms with Gasteiger partial charge in [0.25, 0.3) is 0 Å². The van der Waals surface area contributed by atoms with Gasteiger partial charge in [0.05, 0.1) is 12.3 Å². The van der Waals surface area contributed by atoms with Crippen molar-refractivity contribution in [3.63, 3.8) is 0 Å². The fourth-order valence-corrected chi connectivity index (χ4v) is 5.26. The third-order valence-electron chi connectivity index (χ3n) is 6.65. The Kier molecular flexibility index (Phi) is 4.25. The average Bonchev–Trinajstić information content (AvgIpc) is 3.08. The highest BCUT2D eigenvalue weighted by molar-refractivity contribution is 5.42. The fraction of sp³-hybridized carbons (Fsp3) is 0.591. The molecule has 144 valence electrons. The topological polar surface area (TPSA) is 39.5 Å². The van der Waals surface area contributed by atoms with Crippen molar-refractivity contribution in [3.05, 3.63) is 47.3 Å². The number of fused-ring (bicyclic) bond motifs is 4. The molecule has 5 nitrogen and oxygen atoms in total. The van der Waals surface area contributed by atoms with Gasteiger partial charge >= 0.3 is 0 Å². The summed E-state index contributed by atoms with van der Waals surface area (Å²) in [7, 11) is 1.98.